The first kappa shape index (κ1) is 12.0. The lowest BCUT2D eigenvalue weighted by atomic mass is 10.1. The molecule has 0 saturated carbocycles. The molecule has 1 aromatic carbocycles. The third-order valence-corrected chi connectivity index (χ3v) is 3.18. The van der Waals surface area contributed by atoms with Gasteiger partial charge in [-0.15, -0.1) is 0 Å². The highest BCUT2D eigenvalue weighted by Crippen LogP contribution is 2.16. The van der Waals surface area contributed by atoms with Gasteiger partial charge in [0.15, 0.2) is 0 Å². The molecule has 3 rings (SSSR count). The summed E-state index contributed by atoms with van der Waals surface area (Å²) in [6, 6.07) is 10.1. The van der Waals surface area contributed by atoms with Gasteiger partial charge in [0, 0.05) is 30.5 Å². The molecule has 0 aliphatic rings. The number of benzene rings is 1. The predicted octanol–water partition coefficient (Wildman–Crippen LogP) is 3.40. The first-order valence-corrected chi connectivity index (χ1v) is 6.66. The van der Waals surface area contributed by atoms with Gasteiger partial charge in [-0.05, 0) is 27.6 Å². The zero-order valence-corrected chi connectivity index (χ0v) is 11.6. The molecular formula is C14H11BrN4. The fraction of sp³-hybridized carbons (Fsp3) is 0.0714. The summed E-state index contributed by atoms with van der Waals surface area (Å²) in [7, 11) is 0. The molecule has 0 spiro atoms. The summed E-state index contributed by atoms with van der Waals surface area (Å²) in [5.74, 6) is 0.608. The predicted molar refractivity (Wildman–Crippen MR) is 78.8 cm³/mol. The van der Waals surface area contributed by atoms with Crippen LogP contribution in [0.3, 0.4) is 0 Å². The standard InChI is InChI=1S/C14H11BrN4/c15-12-8-18-14(19-9-12)17-7-11-4-1-3-10-5-2-6-16-13(10)11/h1-6,8-9H,7H2,(H,17,18,19). The highest BCUT2D eigenvalue weighted by Gasteiger charge is 2.02. The molecular weight excluding hydrogens is 304 g/mol. The van der Waals surface area contributed by atoms with Crippen LogP contribution < -0.4 is 5.32 Å². The Morgan fingerprint density at radius 2 is 1.79 bits per heavy atom. The lowest BCUT2D eigenvalue weighted by Gasteiger charge is -2.07. The fourth-order valence-electron chi connectivity index (χ4n) is 1.89. The van der Waals surface area contributed by atoms with Crippen molar-refractivity contribution in [1.29, 1.82) is 0 Å². The summed E-state index contributed by atoms with van der Waals surface area (Å²) in [6.07, 6.45) is 5.25. The average molecular weight is 315 g/mol. The summed E-state index contributed by atoms with van der Waals surface area (Å²) in [6.45, 7) is 0.649. The van der Waals surface area contributed by atoms with Crippen molar-refractivity contribution in [3.8, 4) is 0 Å². The molecule has 0 unspecified atom stereocenters. The van der Waals surface area contributed by atoms with Gasteiger partial charge in [0.2, 0.25) is 5.95 Å². The summed E-state index contributed by atoms with van der Waals surface area (Å²) in [4.78, 5) is 12.8. The molecule has 5 heteroatoms. The van der Waals surface area contributed by atoms with Crippen LogP contribution in [0.5, 0.6) is 0 Å². The second kappa shape index (κ2) is 5.32. The molecule has 2 heterocycles. The number of fused-ring (bicyclic) bond motifs is 1. The van der Waals surface area contributed by atoms with E-state index in [4.69, 9.17) is 0 Å². The summed E-state index contributed by atoms with van der Waals surface area (Å²) >= 11 is 3.31. The van der Waals surface area contributed by atoms with E-state index in [2.05, 4.69) is 54.4 Å². The fourth-order valence-corrected chi connectivity index (χ4v) is 2.09. The van der Waals surface area contributed by atoms with Crippen LogP contribution in [-0.2, 0) is 6.54 Å². The molecule has 0 fully saturated rings. The molecule has 0 atom stereocenters. The summed E-state index contributed by atoms with van der Waals surface area (Å²) in [5.41, 5.74) is 2.14. The number of rotatable bonds is 3. The molecule has 0 amide bonds. The highest BCUT2D eigenvalue weighted by molar-refractivity contribution is 9.10. The van der Waals surface area contributed by atoms with Crippen molar-refractivity contribution < 1.29 is 0 Å². The quantitative estimate of drug-likeness (QED) is 0.805. The molecule has 0 aliphatic carbocycles. The maximum absolute atomic E-state index is 4.42. The van der Waals surface area contributed by atoms with Crippen molar-refractivity contribution in [3.05, 3.63) is 59.0 Å². The molecule has 0 radical (unpaired) electrons. The molecule has 3 aromatic rings. The number of para-hydroxylation sites is 1. The van der Waals surface area contributed by atoms with Gasteiger partial charge >= 0.3 is 0 Å². The van der Waals surface area contributed by atoms with E-state index in [0.717, 1.165) is 20.9 Å². The number of nitrogens with one attached hydrogen (secondary N) is 1. The van der Waals surface area contributed by atoms with Crippen LogP contribution in [0.2, 0.25) is 0 Å². The van der Waals surface area contributed by atoms with Crippen molar-refractivity contribution in [3.63, 3.8) is 0 Å². The van der Waals surface area contributed by atoms with E-state index in [9.17, 15) is 0 Å². The highest BCUT2D eigenvalue weighted by atomic mass is 79.9. The lowest BCUT2D eigenvalue weighted by Crippen LogP contribution is -2.04. The van der Waals surface area contributed by atoms with Gasteiger partial charge in [-0.3, -0.25) is 4.98 Å². The Balaban J connectivity index is 1.84. The Kier molecular flexibility index (Phi) is 3.37. The maximum Gasteiger partial charge on any atom is 0.222 e. The van der Waals surface area contributed by atoms with Crippen LogP contribution in [0.1, 0.15) is 5.56 Å². The Morgan fingerprint density at radius 1 is 1.00 bits per heavy atom. The number of aromatic nitrogens is 3. The van der Waals surface area contributed by atoms with Crippen molar-refractivity contribution in [2.24, 2.45) is 0 Å². The van der Waals surface area contributed by atoms with E-state index < -0.39 is 0 Å². The Hall–Kier alpha value is -2.01. The third-order valence-electron chi connectivity index (χ3n) is 2.77. The minimum Gasteiger partial charge on any atom is -0.350 e. The van der Waals surface area contributed by atoms with E-state index in [0.29, 0.717) is 12.5 Å². The number of hydrogen-bond donors (Lipinski definition) is 1. The normalized spacial score (nSPS) is 10.6. The number of halogens is 1. The first-order chi connectivity index (χ1) is 9.33. The largest absolute Gasteiger partial charge is 0.350 e. The van der Waals surface area contributed by atoms with E-state index in [1.54, 1.807) is 12.4 Å². The Bertz CT molecular complexity index is 692. The molecule has 0 saturated heterocycles. The van der Waals surface area contributed by atoms with Crippen LogP contribution in [-0.4, -0.2) is 15.0 Å². The molecule has 0 aliphatic heterocycles. The zero-order chi connectivity index (χ0) is 13.1. The number of hydrogen-bond acceptors (Lipinski definition) is 4. The van der Waals surface area contributed by atoms with Crippen LogP contribution in [0.4, 0.5) is 5.95 Å². The molecule has 19 heavy (non-hydrogen) atoms. The number of anilines is 1. The van der Waals surface area contributed by atoms with Gasteiger partial charge in [-0.1, -0.05) is 24.3 Å². The van der Waals surface area contributed by atoms with E-state index in [-0.39, 0.29) is 0 Å². The lowest BCUT2D eigenvalue weighted by molar-refractivity contribution is 1.05. The van der Waals surface area contributed by atoms with E-state index >= 15 is 0 Å². The van der Waals surface area contributed by atoms with Gasteiger partial charge in [0.05, 0.1) is 9.99 Å². The first-order valence-electron chi connectivity index (χ1n) is 5.87. The maximum atomic E-state index is 4.42. The molecule has 1 N–H and O–H groups in total. The Labute approximate surface area is 119 Å². The van der Waals surface area contributed by atoms with Crippen molar-refractivity contribution in [1.82, 2.24) is 15.0 Å². The van der Waals surface area contributed by atoms with Crippen molar-refractivity contribution in [2.75, 3.05) is 5.32 Å². The van der Waals surface area contributed by atoms with Crippen molar-refractivity contribution in [2.45, 2.75) is 6.54 Å². The van der Waals surface area contributed by atoms with Gasteiger partial charge < -0.3 is 5.32 Å². The van der Waals surface area contributed by atoms with Gasteiger partial charge in [0.1, 0.15) is 0 Å². The van der Waals surface area contributed by atoms with Gasteiger partial charge in [-0.2, -0.15) is 0 Å². The smallest absolute Gasteiger partial charge is 0.222 e. The topological polar surface area (TPSA) is 50.7 Å². The monoisotopic (exact) mass is 314 g/mol. The zero-order valence-electron chi connectivity index (χ0n) is 10.0. The number of pyridine rings is 1. The number of nitrogens with zero attached hydrogens (tertiary/aromatic N) is 3. The minimum atomic E-state index is 0.608. The second-order valence-corrected chi connectivity index (χ2v) is 4.99. The molecule has 4 nitrogen and oxygen atoms in total. The van der Waals surface area contributed by atoms with Gasteiger partial charge in [0.25, 0.3) is 0 Å². The van der Waals surface area contributed by atoms with Crippen LogP contribution in [0, 0.1) is 0 Å². The van der Waals surface area contributed by atoms with Crippen LogP contribution in [0.25, 0.3) is 10.9 Å². The summed E-state index contributed by atoms with van der Waals surface area (Å²) < 4.78 is 0.866. The van der Waals surface area contributed by atoms with Crippen molar-refractivity contribution >= 4 is 32.8 Å². The van der Waals surface area contributed by atoms with E-state index in [1.165, 1.54) is 0 Å². The second-order valence-electron chi connectivity index (χ2n) is 4.07. The Morgan fingerprint density at radius 3 is 2.63 bits per heavy atom. The SMILES string of the molecule is Brc1cnc(NCc2cccc3cccnc23)nc1. The molecule has 0 bridgehead atoms. The minimum absolute atomic E-state index is 0.608. The van der Waals surface area contributed by atoms with Crippen LogP contribution >= 0.6 is 15.9 Å². The summed E-state index contributed by atoms with van der Waals surface area (Å²) in [5, 5.41) is 4.33. The van der Waals surface area contributed by atoms with Gasteiger partial charge in [-0.25, -0.2) is 9.97 Å². The van der Waals surface area contributed by atoms with E-state index in [1.807, 2.05) is 18.3 Å². The average Bonchev–Trinajstić information content (AvgIpc) is 2.47. The molecule has 94 valence electrons. The molecule has 2 aromatic heterocycles. The third kappa shape index (κ3) is 2.71. The van der Waals surface area contributed by atoms with Crippen LogP contribution in [0.15, 0.2) is 53.4 Å².